The van der Waals surface area contributed by atoms with Gasteiger partial charge in [-0.3, -0.25) is 4.79 Å². The second-order valence-corrected chi connectivity index (χ2v) is 7.91. The van der Waals surface area contributed by atoms with E-state index in [1.54, 1.807) is 19.1 Å². The number of hydrogen-bond donors (Lipinski definition) is 3. The second-order valence-electron chi connectivity index (χ2n) is 7.91. The number of hydrogen-bond acceptors (Lipinski definition) is 4. The molecule has 3 aromatic carbocycles. The summed E-state index contributed by atoms with van der Waals surface area (Å²) >= 11 is 0. The molecule has 2 amide bonds. The summed E-state index contributed by atoms with van der Waals surface area (Å²) in [4.78, 5) is 35.6. The van der Waals surface area contributed by atoms with Crippen LogP contribution in [0.2, 0.25) is 0 Å². The number of ether oxygens (including phenoxy) is 1. The summed E-state index contributed by atoms with van der Waals surface area (Å²) in [5.41, 5.74) is 5.45. The SMILES string of the molecule is CC(NC(=O)OCC1c2ccccc2-c2ccccc21)C(=O)NCc1ccc(C(=O)O)cc1. The van der Waals surface area contributed by atoms with Crippen molar-refractivity contribution in [2.75, 3.05) is 6.61 Å². The first kappa shape index (κ1) is 22.1. The Bertz CT molecular complexity index is 1140. The number of benzene rings is 3. The van der Waals surface area contributed by atoms with Crippen LogP contribution in [-0.2, 0) is 16.1 Å². The molecule has 0 spiro atoms. The maximum Gasteiger partial charge on any atom is 0.407 e. The van der Waals surface area contributed by atoms with Crippen molar-refractivity contribution < 1.29 is 24.2 Å². The quantitative estimate of drug-likeness (QED) is 0.512. The van der Waals surface area contributed by atoms with Gasteiger partial charge >= 0.3 is 12.1 Å². The third-order valence-electron chi connectivity index (χ3n) is 5.74. The minimum atomic E-state index is -1.01. The number of nitrogens with one attached hydrogen (secondary N) is 2. The molecule has 1 aliphatic carbocycles. The number of amides is 2. The van der Waals surface area contributed by atoms with Crippen molar-refractivity contribution in [1.29, 1.82) is 0 Å². The van der Waals surface area contributed by atoms with E-state index in [-0.39, 0.29) is 30.5 Å². The number of carbonyl (C=O) groups is 3. The minimum absolute atomic E-state index is 0.0546. The van der Waals surface area contributed by atoms with Crippen molar-refractivity contribution in [3.8, 4) is 11.1 Å². The van der Waals surface area contributed by atoms with Gasteiger partial charge in [-0.1, -0.05) is 60.7 Å². The van der Waals surface area contributed by atoms with E-state index in [9.17, 15) is 14.4 Å². The molecule has 1 atom stereocenters. The Morgan fingerprint density at radius 2 is 1.48 bits per heavy atom. The Balaban J connectivity index is 1.29. The van der Waals surface area contributed by atoms with Crippen LogP contribution in [-0.4, -0.2) is 35.7 Å². The summed E-state index contributed by atoms with van der Waals surface area (Å²) in [6, 6.07) is 21.6. The first-order chi connectivity index (χ1) is 15.9. The van der Waals surface area contributed by atoms with Gasteiger partial charge in [-0.25, -0.2) is 9.59 Å². The van der Waals surface area contributed by atoms with Gasteiger partial charge < -0.3 is 20.5 Å². The van der Waals surface area contributed by atoms with Gasteiger partial charge in [0.05, 0.1) is 5.56 Å². The van der Waals surface area contributed by atoms with Crippen molar-refractivity contribution in [1.82, 2.24) is 10.6 Å². The largest absolute Gasteiger partial charge is 0.478 e. The van der Waals surface area contributed by atoms with Gasteiger partial charge in [-0.15, -0.1) is 0 Å². The van der Waals surface area contributed by atoms with Crippen molar-refractivity contribution in [3.05, 3.63) is 95.1 Å². The first-order valence-corrected chi connectivity index (χ1v) is 10.7. The molecular formula is C26H24N2O5. The molecule has 0 saturated heterocycles. The smallest absolute Gasteiger partial charge is 0.407 e. The Labute approximate surface area is 191 Å². The molecule has 168 valence electrons. The predicted octanol–water partition coefficient (Wildman–Crippen LogP) is 3.93. The van der Waals surface area contributed by atoms with E-state index in [1.807, 2.05) is 36.4 Å². The van der Waals surface area contributed by atoms with Crippen LogP contribution >= 0.6 is 0 Å². The zero-order chi connectivity index (χ0) is 23.4. The van der Waals surface area contributed by atoms with Gasteiger partial charge in [0.1, 0.15) is 12.6 Å². The summed E-state index contributed by atoms with van der Waals surface area (Å²) in [5.74, 6) is -1.43. The van der Waals surface area contributed by atoms with Crippen LogP contribution < -0.4 is 10.6 Å². The molecule has 1 unspecified atom stereocenters. The molecule has 4 rings (SSSR count). The van der Waals surface area contributed by atoms with E-state index in [2.05, 4.69) is 22.8 Å². The number of rotatable bonds is 7. The van der Waals surface area contributed by atoms with Crippen LogP contribution in [0.15, 0.2) is 72.8 Å². The average Bonchev–Trinajstić information content (AvgIpc) is 3.15. The summed E-state index contributed by atoms with van der Waals surface area (Å²) in [6.07, 6.45) is -0.662. The molecule has 33 heavy (non-hydrogen) atoms. The molecular weight excluding hydrogens is 420 g/mol. The van der Waals surface area contributed by atoms with E-state index in [0.29, 0.717) is 0 Å². The third kappa shape index (κ3) is 4.87. The summed E-state index contributed by atoms with van der Waals surface area (Å²) in [7, 11) is 0. The fraction of sp³-hybridized carbons (Fsp3) is 0.192. The van der Waals surface area contributed by atoms with Gasteiger partial charge in [-0.2, -0.15) is 0 Å². The number of carboxylic acids is 1. The van der Waals surface area contributed by atoms with Gasteiger partial charge in [-0.05, 0) is 46.9 Å². The molecule has 0 heterocycles. The van der Waals surface area contributed by atoms with E-state index in [0.717, 1.165) is 27.8 Å². The van der Waals surface area contributed by atoms with Gasteiger partial charge in [0, 0.05) is 12.5 Å². The topological polar surface area (TPSA) is 105 Å². The number of aromatic carboxylic acids is 1. The summed E-state index contributed by atoms with van der Waals surface area (Å²) < 4.78 is 5.47. The Morgan fingerprint density at radius 3 is 2.06 bits per heavy atom. The highest BCUT2D eigenvalue weighted by molar-refractivity contribution is 5.87. The monoisotopic (exact) mass is 444 g/mol. The normalized spacial score (nSPS) is 12.9. The highest BCUT2D eigenvalue weighted by Gasteiger charge is 2.29. The molecule has 0 fully saturated rings. The lowest BCUT2D eigenvalue weighted by Crippen LogP contribution is -2.45. The van der Waals surface area contributed by atoms with Crippen LogP contribution in [0.5, 0.6) is 0 Å². The maximum atomic E-state index is 12.3. The molecule has 0 aliphatic heterocycles. The van der Waals surface area contributed by atoms with Crippen LogP contribution in [0.25, 0.3) is 11.1 Å². The minimum Gasteiger partial charge on any atom is -0.478 e. The highest BCUT2D eigenvalue weighted by atomic mass is 16.5. The molecule has 7 nitrogen and oxygen atoms in total. The Hall–Kier alpha value is -4.13. The fourth-order valence-corrected chi connectivity index (χ4v) is 3.99. The molecule has 0 radical (unpaired) electrons. The number of carboxylic acid groups (broad SMARTS) is 1. The number of carbonyl (C=O) groups excluding carboxylic acids is 2. The van der Waals surface area contributed by atoms with Gasteiger partial charge in [0.25, 0.3) is 0 Å². The lowest BCUT2D eigenvalue weighted by Gasteiger charge is -2.17. The molecule has 0 bridgehead atoms. The number of fused-ring (bicyclic) bond motifs is 3. The molecule has 0 saturated carbocycles. The first-order valence-electron chi connectivity index (χ1n) is 10.7. The van der Waals surface area contributed by atoms with E-state index in [4.69, 9.17) is 9.84 Å². The zero-order valence-corrected chi connectivity index (χ0v) is 18.1. The van der Waals surface area contributed by atoms with Crippen molar-refractivity contribution in [2.24, 2.45) is 0 Å². The molecule has 3 N–H and O–H groups in total. The van der Waals surface area contributed by atoms with Crippen LogP contribution in [0.1, 0.15) is 39.9 Å². The fourth-order valence-electron chi connectivity index (χ4n) is 3.99. The average molecular weight is 444 g/mol. The second kappa shape index (κ2) is 9.56. The van der Waals surface area contributed by atoms with Crippen LogP contribution in [0.3, 0.4) is 0 Å². The lowest BCUT2D eigenvalue weighted by atomic mass is 9.98. The molecule has 7 heteroatoms. The standard InChI is InChI=1S/C26H24N2O5/c1-16(24(29)27-14-17-10-12-18(13-11-17)25(30)31)28-26(32)33-15-23-21-8-4-2-6-19(21)20-7-3-5-9-22(20)23/h2-13,16,23H,14-15H2,1H3,(H,27,29)(H,28,32)(H,30,31). The van der Waals surface area contributed by atoms with Crippen LogP contribution in [0.4, 0.5) is 4.79 Å². The summed E-state index contributed by atoms with van der Waals surface area (Å²) in [5, 5.41) is 14.2. The molecule has 3 aromatic rings. The van der Waals surface area contributed by atoms with Gasteiger partial charge in [0.15, 0.2) is 0 Å². The summed E-state index contributed by atoms with van der Waals surface area (Å²) in [6.45, 7) is 1.96. The Morgan fingerprint density at radius 1 is 0.909 bits per heavy atom. The Kier molecular flexibility index (Phi) is 6.40. The van der Waals surface area contributed by atoms with E-state index < -0.39 is 18.1 Å². The van der Waals surface area contributed by atoms with Crippen molar-refractivity contribution in [3.63, 3.8) is 0 Å². The van der Waals surface area contributed by atoms with E-state index >= 15 is 0 Å². The maximum absolute atomic E-state index is 12.3. The van der Waals surface area contributed by atoms with Crippen LogP contribution in [0, 0.1) is 0 Å². The van der Waals surface area contributed by atoms with Crippen molar-refractivity contribution in [2.45, 2.75) is 25.4 Å². The van der Waals surface area contributed by atoms with Gasteiger partial charge in [0.2, 0.25) is 5.91 Å². The molecule has 0 aromatic heterocycles. The highest BCUT2D eigenvalue weighted by Crippen LogP contribution is 2.44. The predicted molar refractivity (Wildman–Crippen MR) is 123 cm³/mol. The molecule has 1 aliphatic rings. The van der Waals surface area contributed by atoms with Crippen molar-refractivity contribution >= 4 is 18.0 Å². The zero-order valence-electron chi connectivity index (χ0n) is 18.1. The lowest BCUT2D eigenvalue weighted by molar-refractivity contribution is -0.122. The third-order valence-corrected chi connectivity index (χ3v) is 5.74. The van der Waals surface area contributed by atoms with E-state index in [1.165, 1.54) is 12.1 Å². The number of alkyl carbamates (subject to hydrolysis) is 1.